The quantitative estimate of drug-likeness (QED) is 0.613. The van der Waals surface area contributed by atoms with Crippen molar-refractivity contribution in [1.82, 2.24) is 10.2 Å². The number of benzene rings is 1. The maximum atomic E-state index is 13.2. The number of carbonyl (C=O) groups is 3. The van der Waals surface area contributed by atoms with Gasteiger partial charge in [-0.05, 0) is 38.0 Å². The Kier molecular flexibility index (Phi) is 8.34. The molecule has 1 N–H and O–H groups in total. The van der Waals surface area contributed by atoms with E-state index in [9.17, 15) is 27.6 Å². The van der Waals surface area contributed by atoms with E-state index in [0.717, 1.165) is 6.07 Å². The molecule has 0 fully saturated rings. The minimum Gasteiger partial charge on any atom is -0.463 e. The smallest absolute Gasteiger partial charge is 0.417 e. The fourth-order valence-electron chi connectivity index (χ4n) is 3.39. The van der Waals surface area contributed by atoms with E-state index >= 15 is 0 Å². The number of amides is 2. The van der Waals surface area contributed by atoms with Crippen LogP contribution in [0, 0.1) is 5.92 Å². The fraction of sp³-hybridized carbons (Fsp3) is 0.500. The zero-order valence-electron chi connectivity index (χ0n) is 18.3. The van der Waals surface area contributed by atoms with Crippen molar-refractivity contribution in [3.8, 4) is 0 Å². The van der Waals surface area contributed by atoms with Crippen LogP contribution in [-0.4, -0.2) is 41.9 Å². The summed E-state index contributed by atoms with van der Waals surface area (Å²) in [6, 6.07) is 2.43. The summed E-state index contributed by atoms with van der Waals surface area (Å²) in [5.41, 5.74) is -0.845. The van der Waals surface area contributed by atoms with Crippen LogP contribution in [-0.2, 0) is 20.5 Å². The lowest BCUT2D eigenvalue weighted by atomic mass is 9.97. The molecule has 1 atom stereocenters. The van der Waals surface area contributed by atoms with Crippen molar-refractivity contribution < 1.29 is 32.3 Å². The van der Waals surface area contributed by atoms with Crippen LogP contribution in [0.15, 0.2) is 29.5 Å². The molecule has 1 aromatic rings. The summed E-state index contributed by atoms with van der Waals surface area (Å²) in [4.78, 5) is 39.1. The predicted octanol–water partition coefficient (Wildman–Crippen LogP) is 4.57. The van der Waals surface area contributed by atoms with E-state index in [2.05, 4.69) is 5.32 Å². The van der Waals surface area contributed by atoms with E-state index in [1.165, 1.54) is 11.0 Å². The molecule has 0 saturated carbocycles. The van der Waals surface area contributed by atoms with Crippen LogP contribution in [0.4, 0.5) is 13.2 Å². The molecule has 32 heavy (non-hydrogen) atoms. The molecule has 2 rings (SSSR count). The molecular formula is C22H26ClF3N2O4. The lowest BCUT2D eigenvalue weighted by molar-refractivity contribution is -0.139. The second-order valence-corrected chi connectivity index (χ2v) is 8.41. The molecule has 0 aromatic heterocycles. The predicted molar refractivity (Wildman–Crippen MR) is 113 cm³/mol. The van der Waals surface area contributed by atoms with Gasteiger partial charge >= 0.3 is 12.1 Å². The van der Waals surface area contributed by atoms with E-state index < -0.39 is 34.7 Å². The van der Waals surface area contributed by atoms with E-state index in [4.69, 9.17) is 16.3 Å². The summed E-state index contributed by atoms with van der Waals surface area (Å²) in [5.74, 6) is -1.53. The minimum absolute atomic E-state index is 0.0664. The molecular weight excluding hydrogens is 449 g/mol. The Morgan fingerprint density at radius 3 is 2.50 bits per heavy atom. The van der Waals surface area contributed by atoms with Crippen LogP contribution in [0.1, 0.15) is 56.5 Å². The first-order valence-corrected chi connectivity index (χ1v) is 10.6. The van der Waals surface area contributed by atoms with Gasteiger partial charge in [0.1, 0.15) is 0 Å². The van der Waals surface area contributed by atoms with Crippen molar-refractivity contribution in [2.75, 3.05) is 13.2 Å². The molecule has 0 radical (unpaired) electrons. The highest BCUT2D eigenvalue weighted by Gasteiger charge is 2.36. The number of carbonyl (C=O) groups excluding carboxylic acids is 3. The van der Waals surface area contributed by atoms with Crippen molar-refractivity contribution in [2.45, 2.75) is 52.8 Å². The van der Waals surface area contributed by atoms with E-state index in [-0.39, 0.29) is 54.7 Å². The average molecular weight is 475 g/mol. The lowest BCUT2D eigenvalue weighted by Crippen LogP contribution is -2.47. The average Bonchev–Trinajstić information content (AvgIpc) is 2.67. The first kappa shape index (κ1) is 25.7. The Morgan fingerprint density at radius 2 is 1.94 bits per heavy atom. The van der Waals surface area contributed by atoms with Crippen LogP contribution in [0.3, 0.4) is 0 Å². The van der Waals surface area contributed by atoms with Gasteiger partial charge in [0.05, 0.1) is 29.3 Å². The highest BCUT2D eigenvalue weighted by atomic mass is 35.5. The number of alkyl halides is 3. The number of ether oxygens (including phenoxy) is 1. The molecule has 10 heteroatoms. The number of hydrogen-bond acceptors (Lipinski definition) is 4. The molecule has 1 aromatic carbocycles. The summed E-state index contributed by atoms with van der Waals surface area (Å²) in [6.07, 6.45) is -4.43. The molecule has 0 spiro atoms. The maximum Gasteiger partial charge on any atom is 0.417 e. The van der Waals surface area contributed by atoms with Crippen molar-refractivity contribution in [1.29, 1.82) is 0 Å². The summed E-state index contributed by atoms with van der Waals surface area (Å²) >= 11 is 5.65. The Hall–Kier alpha value is -2.55. The molecule has 6 nitrogen and oxygen atoms in total. The highest BCUT2D eigenvalue weighted by Crippen LogP contribution is 2.35. The topological polar surface area (TPSA) is 75.7 Å². The number of rotatable bonds is 6. The van der Waals surface area contributed by atoms with Gasteiger partial charge < -0.3 is 15.0 Å². The normalized spacial score (nSPS) is 16.9. The number of nitrogens with zero attached hydrogens (tertiary/aromatic N) is 1. The third-order valence-corrected chi connectivity index (χ3v) is 5.24. The number of nitrogens with one attached hydrogen (secondary N) is 1. The van der Waals surface area contributed by atoms with Gasteiger partial charge in [-0.1, -0.05) is 25.4 Å². The van der Waals surface area contributed by atoms with Crippen LogP contribution in [0.5, 0.6) is 0 Å². The van der Waals surface area contributed by atoms with E-state index in [1.807, 2.05) is 13.8 Å². The molecule has 1 aliphatic rings. The third-order valence-electron chi connectivity index (χ3n) is 4.91. The molecule has 2 amide bonds. The standard InChI is InChI=1S/C22H26ClF3N2O4/c1-5-32-21(31)15-9-13(4)28(11-18(15)27-19(29)8-12(2)3)20(30)14-6-7-17(23)16(10-14)22(24,25)26/h6-7,10,12-13H,5,8-9,11H2,1-4H3,(H,27,29)/t13-/m1/s1. The van der Waals surface area contributed by atoms with Gasteiger partial charge in [0, 0.05) is 30.1 Å². The number of hydrogen-bond donors (Lipinski definition) is 1. The minimum atomic E-state index is -4.71. The molecule has 1 aliphatic heterocycles. The molecule has 1 heterocycles. The lowest BCUT2D eigenvalue weighted by Gasteiger charge is -2.36. The summed E-state index contributed by atoms with van der Waals surface area (Å²) in [7, 11) is 0. The maximum absolute atomic E-state index is 13.2. The summed E-state index contributed by atoms with van der Waals surface area (Å²) in [5, 5.41) is 2.18. The Labute approximate surface area is 189 Å². The van der Waals surface area contributed by atoms with E-state index in [1.54, 1.807) is 13.8 Å². The Balaban J connectivity index is 2.39. The second kappa shape index (κ2) is 10.4. The Bertz CT molecular complexity index is 928. The first-order chi connectivity index (χ1) is 14.8. The van der Waals surface area contributed by atoms with Crippen molar-refractivity contribution >= 4 is 29.4 Å². The highest BCUT2D eigenvalue weighted by molar-refractivity contribution is 6.31. The van der Waals surface area contributed by atoms with Gasteiger partial charge in [0.2, 0.25) is 5.91 Å². The monoisotopic (exact) mass is 474 g/mol. The van der Waals surface area contributed by atoms with E-state index in [0.29, 0.717) is 6.07 Å². The zero-order valence-corrected chi connectivity index (χ0v) is 19.1. The molecule has 176 valence electrons. The molecule has 0 bridgehead atoms. The van der Waals surface area contributed by atoms with Crippen molar-refractivity contribution in [3.63, 3.8) is 0 Å². The summed E-state index contributed by atoms with van der Waals surface area (Å²) < 4.78 is 44.7. The van der Waals surface area contributed by atoms with Crippen molar-refractivity contribution in [2.24, 2.45) is 5.92 Å². The van der Waals surface area contributed by atoms with Crippen LogP contribution in [0.25, 0.3) is 0 Å². The largest absolute Gasteiger partial charge is 0.463 e. The van der Waals surface area contributed by atoms with Gasteiger partial charge in [-0.15, -0.1) is 0 Å². The van der Waals surface area contributed by atoms with Crippen LogP contribution >= 0.6 is 11.6 Å². The second-order valence-electron chi connectivity index (χ2n) is 8.00. The van der Waals surface area contributed by atoms with Gasteiger partial charge in [0.25, 0.3) is 5.91 Å². The van der Waals surface area contributed by atoms with Gasteiger partial charge in [0.15, 0.2) is 0 Å². The van der Waals surface area contributed by atoms with Gasteiger partial charge in [-0.3, -0.25) is 9.59 Å². The zero-order chi connectivity index (χ0) is 24.2. The number of esters is 1. The third kappa shape index (κ3) is 6.25. The fourth-order valence-corrected chi connectivity index (χ4v) is 3.62. The van der Waals surface area contributed by atoms with Gasteiger partial charge in [-0.25, -0.2) is 4.79 Å². The SMILES string of the molecule is CCOC(=O)C1=C(NC(=O)CC(C)C)CN(C(=O)c2ccc(Cl)c(C(F)(F)F)c2)[C@H](C)C1. The van der Waals surface area contributed by atoms with Gasteiger partial charge in [-0.2, -0.15) is 13.2 Å². The van der Waals surface area contributed by atoms with Crippen molar-refractivity contribution in [3.05, 3.63) is 45.6 Å². The van der Waals surface area contributed by atoms with Crippen LogP contribution < -0.4 is 5.32 Å². The summed E-state index contributed by atoms with van der Waals surface area (Å²) in [6.45, 7) is 7.02. The van der Waals surface area contributed by atoms with Crippen LogP contribution in [0.2, 0.25) is 5.02 Å². The molecule has 0 aliphatic carbocycles. The molecule has 0 saturated heterocycles. The Morgan fingerprint density at radius 1 is 1.28 bits per heavy atom. The first-order valence-electron chi connectivity index (χ1n) is 10.2. The molecule has 0 unspecified atom stereocenters. The number of halogens is 4.